The Morgan fingerprint density at radius 2 is 2.08 bits per heavy atom. The molecule has 2 aromatic rings. The highest BCUT2D eigenvalue weighted by molar-refractivity contribution is 14.0. The van der Waals surface area contributed by atoms with Crippen LogP contribution in [0.3, 0.4) is 0 Å². The zero-order valence-electron chi connectivity index (χ0n) is 15.3. The maximum atomic E-state index is 5.26. The second-order valence-electron chi connectivity index (χ2n) is 5.81. The Kier molecular flexibility index (Phi) is 9.89. The van der Waals surface area contributed by atoms with Gasteiger partial charge in [0.15, 0.2) is 5.96 Å². The smallest absolute Gasteiger partial charge is 0.191 e. The van der Waals surface area contributed by atoms with Gasteiger partial charge in [0.25, 0.3) is 0 Å². The van der Waals surface area contributed by atoms with E-state index in [1.165, 1.54) is 9.75 Å². The number of halogens is 1. The van der Waals surface area contributed by atoms with Gasteiger partial charge < -0.3 is 15.4 Å². The molecule has 2 rings (SSSR count). The molecule has 0 radical (unpaired) electrons. The van der Waals surface area contributed by atoms with Crippen molar-refractivity contribution in [3.63, 3.8) is 0 Å². The van der Waals surface area contributed by atoms with Gasteiger partial charge in [0.1, 0.15) is 5.75 Å². The number of guanidine groups is 1. The maximum Gasteiger partial charge on any atom is 0.191 e. The summed E-state index contributed by atoms with van der Waals surface area (Å²) >= 11 is 1.86. The topological polar surface area (TPSA) is 45.7 Å². The van der Waals surface area contributed by atoms with E-state index in [1.54, 1.807) is 7.11 Å². The summed E-state index contributed by atoms with van der Waals surface area (Å²) in [7, 11) is 1.68. The summed E-state index contributed by atoms with van der Waals surface area (Å²) in [6.45, 7) is 7.88. The van der Waals surface area contributed by atoms with Crippen molar-refractivity contribution in [1.29, 1.82) is 0 Å². The molecule has 1 atom stereocenters. The van der Waals surface area contributed by atoms with E-state index in [0.29, 0.717) is 12.6 Å². The van der Waals surface area contributed by atoms with E-state index < -0.39 is 0 Å². The Morgan fingerprint density at radius 3 is 2.72 bits per heavy atom. The first-order valence-electron chi connectivity index (χ1n) is 8.33. The third kappa shape index (κ3) is 7.64. The zero-order valence-corrected chi connectivity index (χ0v) is 18.5. The molecule has 0 aliphatic carbocycles. The molecule has 1 aromatic carbocycles. The Hall–Kier alpha value is -1.28. The summed E-state index contributed by atoms with van der Waals surface area (Å²) in [5.41, 5.74) is 1.13. The fraction of sp³-hybridized carbons (Fsp3) is 0.421. The van der Waals surface area contributed by atoms with Crippen LogP contribution >= 0.6 is 35.3 Å². The van der Waals surface area contributed by atoms with Crippen molar-refractivity contribution >= 4 is 41.3 Å². The van der Waals surface area contributed by atoms with E-state index in [4.69, 9.17) is 4.74 Å². The zero-order chi connectivity index (χ0) is 17.4. The molecule has 0 saturated heterocycles. The fourth-order valence-corrected chi connectivity index (χ4v) is 3.46. The van der Waals surface area contributed by atoms with Crippen molar-refractivity contribution in [2.75, 3.05) is 13.7 Å². The molecule has 25 heavy (non-hydrogen) atoms. The highest BCUT2D eigenvalue weighted by Gasteiger charge is 2.08. The van der Waals surface area contributed by atoms with Crippen LogP contribution in [0, 0.1) is 6.92 Å². The third-order valence-electron chi connectivity index (χ3n) is 3.58. The van der Waals surface area contributed by atoms with Crippen LogP contribution in [0.1, 0.15) is 29.2 Å². The number of aryl methyl sites for hydroxylation is 1. The van der Waals surface area contributed by atoms with E-state index >= 15 is 0 Å². The predicted molar refractivity (Wildman–Crippen MR) is 119 cm³/mol. The largest absolute Gasteiger partial charge is 0.497 e. The lowest BCUT2D eigenvalue weighted by molar-refractivity contribution is 0.414. The highest BCUT2D eigenvalue weighted by atomic mass is 127. The number of rotatable bonds is 7. The van der Waals surface area contributed by atoms with Crippen molar-refractivity contribution in [2.24, 2.45) is 4.99 Å². The maximum absolute atomic E-state index is 5.26. The molecule has 6 heteroatoms. The first-order chi connectivity index (χ1) is 11.6. The molecule has 0 bridgehead atoms. The Bertz CT molecular complexity index is 672. The highest BCUT2D eigenvalue weighted by Crippen LogP contribution is 2.17. The van der Waals surface area contributed by atoms with Crippen LogP contribution in [0.2, 0.25) is 0 Å². The van der Waals surface area contributed by atoms with Gasteiger partial charge in [0, 0.05) is 28.8 Å². The van der Waals surface area contributed by atoms with Crippen molar-refractivity contribution in [3.05, 3.63) is 51.7 Å². The molecule has 1 unspecified atom stereocenters. The van der Waals surface area contributed by atoms with Gasteiger partial charge in [0.2, 0.25) is 0 Å². The second kappa shape index (κ2) is 11.4. The van der Waals surface area contributed by atoms with Gasteiger partial charge in [-0.15, -0.1) is 35.3 Å². The van der Waals surface area contributed by atoms with Crippen molar-refractivity contribution < 1.29 is 4.74 Å². The van der Waals surface area contributed by atoms with Gasteiger partial charge >= 0.3 is 0 Å². The third-order valence-corrected chi connectivity index (χ3v) is 4.61. The van der Waals surface area contributed by atoms with E-state index in [-0.39, 0.29) is 24.0 Å². The molecule has 138 valence electrons. The molecule has 4 nitrogen and oxygen atoms in total. The van der Waals surface area contributed by atoms with Gasteiger partial charge in [-0.2, -0.15) is 0 Å². The lowest BCUT2D eigenvalue weighted by Gasteiger charge is -2.17. The van der Waals surface area contributed by atoms with Gasteiger partial charge in [-0.3, -0.25) is 0 Å². The Morgan fingerprint density at radius 1 is 1.28 bits per heavy atom. The quantitative estimate of drug-likeness (QED) is 0.357. The van der Waals surface area contributed by atoms with E-state index in [0.717, 1.165) is 30.2 Å². The predicted octanol–water partition coefficient (Wildman–Crippen LogP) is 4.37. The van der Waals surface area contributed by atoms with Crippen molar-refractivity contribution in [3.8, 4) is 5.75 Å². The number of ether oxygens (including phenoxy) is 1. The molecular formula is C19H28IN3OS. The molecule has 0 aliphatic rings. The number of hydrogen-bond donors (Lipinski definition) is 2. The minimum Gasteiger partial charge on any atom is -0.497 e. The van der Waals surface area contributed by atoms with Crippen LogP contribution in [0.5, 0.6) is 5.75 Å². The normalized spacial score (nSPS) is 12.2. The number of hydrogen-bond acceptors (Lipinski definition) is 3. The number of thiophene rings is 1. The standard InChI is InChI=1S/C19H27N3OS.HI/c1-5-20-19(21-13-16-7-6-8-17(12-16)23-4)22-14(2)11-18-10-9-15(3)24-18;/h6-10,12,14H,5,11,13H2,1-4H3,(H2,20,21,22);1H. The Labute approximate surface area is 172 Å². The van der Waals surface area contributed by atoms with Crippen LogP contribution in [0.15, 0.2) is 41.4 Å². The minimum absolute atomic E-state index is 0. The summed E-state index contributed by atoms with van der Waals surface area (Å²) in [6, 6.07) is 12.7. The van der Waals surface area contributed by atoms with Crippen LogP contribution in [0.4, 0.5) is 0 Å². The van der Waals surface area contributed by atoms with Gasteiger partial charge in [-0.1, -0.05) is 12.1 Å². The van der Waals surface area contributed by atoms with Crippen molar-refractivity contribution in [1.82, 2.24) is 10.6 Å². The molecule has 0 fully saturated rings. The van der Waals surface area contributed by atoms with Crippen molar-refractivity contribution in [2.45, 2.75) is 39.8 Å². The molecule has 0 aliphatic heterocycles. The van der Waals surface area contributed by atoms with E-state index in [2.05, 4.69) is 54.6 Å². The van der Waals surface area contributed by atoms with Gasteiger partial charge in [-0.05, 0) is 50.6 Å². The summed E-state index contributed by atoms with van der Waals surface area (Å²) in [4.78, 5) is 7.44. The average Bonchev–Trinajstić information content (AvgIpc) is 2.97. The number of nitrogens with zero attached hydrogens (tertiary/aromatic N) is 1. The number of benzene rings is 1. The molecule has 0 saturated carbocycles. The van der Waals surface area contributed by atoms with Gasteiger partial charge in [0.05, 0.1) is 13.7 Å². The Balaban J connectivity index is 0.00000312. The first kappa shape index (κ1) is 21.8. The molecular weight excluding hydrogens is 445 g/mol. The van der Waals surface area contributed by atoms with Gasteiger partial charge in [-0.25, -0.2) is 4.99 Å². The van der Waals surface area contributed by atoms with Crippen LogP contribution in [0.25, 0.3) is 0 Å². The summed E-state index contributed by atoms with van der Waals surface area (Å²) in [5.74, 6) is 1.71. The van der Waals surface area contributed by atoms with Crippen LogP contribution < -0.4 is 15.4 Å². The number of methoxy groups -OCH3 is 1. The second-order valence-corrected chi connectivity index (χ2v) is 7.18. The number of aliphatic imine (C=N–C) groups is 1. The summed E-state index contributed by atoms with van der Waals surface area (Å²) in [5, 5.41) is 6.80. The molecule has 0 amide bonds. The summed E-state index contributed by atoms with van der Waals surface area (Å²) in [6.07, 6.45) is 1.00. The fourth-order valence-electron chi connectivity index (χ4n) is 2.44. The first-order valence-corrected chi connectivity index (χ1v) is 9.15. The monoisotopic (exact) mass is 473 g/mol. The lowest BCUT2D eigenvalue weighted by atomic mass is 10.2. The lowest BCUT2D eigenvalue weighted by Crippen LogP contribution is -2.43. The molecule has 1 aromatic heterocycles. The van der Waals surface area contributed by atoms with Crippen LogP contribution in [-0.2, 0) is 13.0 Å². The van der Waals surface area contributed by atoms with E-state index in [9.17, 15) is 0 Å². The summed E-state index contributed by atoms with van der Waals surface area (Å²) < 4.78 is 5.26. The molecule has 0 spiro atoms. The average molecular weight is 473 g/mol. The SMILES string of the molecule is CCNC(=NCc1cccc(OC)c1)NC(C)Cc1ccc(C)s1.I. The van der Waals surface area contributed by atoms with Crippen LogP contribution in [-0.4, -0.2) is 25.7 Å². The van der Waals surface area contributed by atoms with E-state index in [1.807, 2.05) is 29.5 Å². The minimum atomic E-state index is 0. The number of nitrogens with one attached hydrogen (secondary N) is 2. The molecule has 2 N–H and O–H groups in total. The molecule has 1 heterocycles.